The molecular weight excluding hydrogens is 258 g/mol. The van der Waals surface area contributed by atoms with Gasteiger partial charge in [-0.2, -0.15) is 0 Å². The van der Waals surface area contributed by atoms with Crippen molar-refractivity contribution in [1.82, 2.24) is 4.57 Å². The second-order valence-corrected chi connectivity index (χ2v) is 5.61. The van der Waals surface area contributed by atoms with Gasteiger partial charge in [0.05, 0.1) is 5.69 Å². The first-order valence-corrected chi connectivity index (χ1v) is 7.77. The summed E-state index contributed by atoms with van der Waals surface area (Å²) in [5.74, 6) is 0. The molecule has 1 nitrogen and oxygen atoms in total. The van der Waals surface area contributed by atoms with Crippen molar-refractivity contribution in [3.05, 3.63) is 39.7 Å². The van der Waals surface area contributed by atoms with Crippen LogP contribution in [0, 0.1) is 3.95 Å². The van der Waals surface area contributed by atoms with Crippen molar-refractivity contribution in [3.63, 3.8) is 0 Å². The molecule has 0 bridgehead atoms. The maximum atomic E-state index is 5.32. The summed E-state index contributed by atoms with van der Waals surface area (Å²) < 4.78 is 3.19. The second-order valence-electron chi connectivity index (χ2n) is 4.11. The van der Waals surface area contributed by atoms with Crippen molar-refractivity contribution in [1.29, 1.82) is 0 Å². The molecule has 18 heavy (non-hydrogen) atoms. The first-order chi connectivity index (χ1) is 8.74. The Morgan fingerprint density at radius 3 is 2.28 bits per heavy atom. The van der Waals surface area contributed by atoms with Gasteiger partial charge >= 0.3 is 0 Å². The molecule has 0 saturated carbocycles. The zero-order valence-corrected chi connectivity index (χ0v) is 13.0. The summed E-state index contributed by atoms with van der Waals surface area (Å²) in [5, 5.41) is 2.15. The number of hydrogen-bond acceptors (Lipinski definition) is 2. The van der Waals surface area contributed by atoms with Crippen LogP contribution in [0.5, 0.6) is 0 Å². The fourth-order valence-corrected chi connectivity index (χ4v) is 2.73. The summed E-state index contributed by atoms with van der Waals surface area (Å²) in [6.07, 6.45) is 2.37. The summed E-state index contributed by atoms with van der Waals surface area (Å²) in [5.41, 5.74) is 2.49. The molecule has 0 aliphatic carbocycles. The van der Waals surface area contributed by atoms with E-state index in [-0.39, 0.29) is 0 Å². The molecule has 0 saturated heterocycles. The van der Waals surface area contributed by atoms with Gasteiger partial charge in [-0.25, -0.2) is 0 Å². The Labute approximate surface area is 119 Å². The molecule has 2 aromatic rings. The Bertz CT molecular complexity index is 497. The number of nitrogens with zero attached hydrogens (tertiary/aromatic N) is 1. The monoisotopic (exact) mass is 279 g/mol. The fourth-order valence-electron chi connectivity index (χ4n) is 1.60. The van der Waals surface area contributed by atoms with Crippen molar-refractivity contribution in [3.8, 4) is 11.3 Å². The number of thiazole rings is 1. The number of benzene rings is 1. The lowest BCUT2D eigenvalue weighted by Gasteiger charge is -2.06. The van der Waals surface area contributed by atoms with E-state index in [1.54, 1.807) is 11.3 Å². The molecule has 0 N–H and O–H groups in total. The van der Waals surface area contributed by atoms with Crippen LogP contribution >= 0.6 is 23.6 Å². The van der Waals surface area contributed by atoms with Gasteiger partial charge in [0.15, 0.2) is 3.95 Å². The Morgan fingerprint density at radius 1 is 1.11 bits per heavy atom. The molecule has 2 rings (SSSR count). The van der Waals surface area contributed by atoms with Gasteiger partial charge in [0, 0.05) is 11.9 Å². The molecule has 0 aliphatic heterocycles. The summed E-state index contributed by atoms with van der Waals surface area (Å²) in [7, 11) is 0. The van der Waals surface area contributed by atoms with Gasteiger partial charge in [-0.05, 0) is 24.2 Å². The van der Waals surface area contributed by atoms with Crippen molar-refractivity contribution in [2.24, 2.45) is 0 Å². The summed E-state index contributed by atoms with van der Waals surface area (Å²) >= 11 is 6.96. The topological polar surface area (TPSA) is 4.93 Å². The molecule has 0 spiro atoms. The Kier molecular flexibility index (Phi) is 6.91. The molecule has 0 atom stereocenters. The quantitative estimate of drug-likeness (QED) is 0.645. The predicted octanol–water partition coefficient (Wildman–Crippen LogP) is 5.77. The van der Waals surface area contributed by atoms with Gasteiger partial charge in [0.25, 0.3) is 0 Å². The minimum atomic E-state index is 0.968. The first-order valence-electron chi connectivity index (χ1n) is 6.48. The van der Waals surface area contributed by atoms with Crippen molar-refractivity contribution >= 4 is 23.6 Å². The molecule has 0 fully saturated rings. The molecule has 1 aromatic heterocycles. The fraction of sp³-hybridized carbons (Fsp3) is 0.400. The minimum Gasteiger partial charge on any atom is -0.323 e. The van der Waals surface area contributed by atoms with Crippen molar-refractivity contribution in [2.45, 2.75) is 40.2 Å². The predicted molar refractivity (Wildman–Crippen MR) is 84.8 cm³/mol. The SMILES string of the molecule is CCC.CCCn1c(-c2ccccc2)csc1=S. The highest BCUT2D eigenvalue weighted by Crippen LogP contribution is 2.23. The van der Waals surface area contributed by atoms with E-state index in [1.807, 2.05) is 6.07 Å². The van der Waals surface area contributed by atoms with Gasteiger partial charge < -0.3 is 4.57 Å². The molecule has 0 amide bonds. The summed E-state index contributed by atoms with van der Waals surface area (Å²) in [6.45, 7) is 7.43. The number of hydrogen-bond donors (Lipinski definition) is 0. The van der Waals surface area contributed by atoms with Crippen LogP contribution in [0.3, 0.4) is 0 Å². The van der Waals surface area contributed by atoms with Crippen LogP contribution in [-0.4, -0.2) is 4.57 Å². The Morgan fingerprint density at radius 2 is 1.72 bits per heavy atom. The van der Waals surface area contributed by atoms with Gasteiger partial charge in [0.1, 0.15) is 0 Å². The van der Waals surface area contributed by atoms with E-state index in [1.165, 1.54) is 17.7 Å². The van der Waals surface area contributed by atoms with E-state index >= 15 is 0 Å². The summed E-state index contributed by atoms with van der Waals surface area (Å²) in [4.78, 5) is 0. The highest BCUT2D eigenvalue weighted by Gasteiger charge is 2.04. The van der Waals surface area contributed by atoms with Crippen LogP contribution in [0.15, 0.2) is 35.7 Å². The van der Waals surface area contributed by atoms with E-state index in [9.17, 15) is 0 Å². The molecule has 98 valence electrons. The number of aromatic nitrogens is 1. The lowest BCUT2D eigenvalue weighted by atomic mass is 10.2. The third-order valence-electron chi connectivity index (χ3n) is 2.30. The zero-order valence-electron chi connectivity index (χ0n) is 11.3. The third kappa shape index (κ3) is 4.07. The summed E-state index contributed by atoms with van der Waals surface area (Å²) in [6, 6.07) is 10.4. The highest BCUT2D eigenvalue weighted by atomic mass is 32.1. The molecular formula is C15H21NS2. The van der Waals surface area contributed by atoms with E-state index in [2.05, 4.69) is 55.0 Å². The van der Waals surface area contributed by atoms with Crippen LogP contribution in [-0.2, 0) is 6.54 Å². The molecule has 1 heterocycles. The standard InChI is InChI=1S/C12H13NS2.C3H8/c1-2-8-13-11(9-15-12(13)14)10-6-4-3-5-7-10;1-3-2/h3-7,9H,2,8H2,1H3;3H2,1-2H3. The zero-order chi connectivity index (χ0) is 13.4. The van der Waals surface area contributed by atoms with Crippen LogP contribution in [0.1, 0.15) is 33.6 Å². The maximum Gasteiger partial charge on any atom is 0.161 e. The number of rotatable bonds is 3. The van der Waals surface area contributed by atoms with Crippen LogP contribution in [0.4, 0.5) is 0 Å². The van der Waals surface area contributed by atoms with E-state index in [0.29, 0.717) is 0 Å². The van der Waals surface area contributed by atoms with E-state index in [4.69, 9.17) is 12.2 Å². The molecule has 1 aromatic carbocycles. The van der Waals surface area contributed by atoms with Crippen molar-refractivity contribution in [2.75, 3.05) is 0 Å². The lowest BCUT2D eigenvalue weighted by molar-refractivity contribution is 0.686. The lowest BCUT2D eigenvalue weighted by Crippen LogP contribution is -1.98. The van der Waals surface area contributed by atoms with E-state index < -0.39 is 0 Å². The van der Waals surface area contributed by atoms with Gasteiger partial charge in [-0.15, -0.1) is 11.3 Å². The van der Waals surface area contributed by atoms with E-state index in [0.717, 1.165) is 16.9 Å². The normalized spacial score (nSPS) is 9.72. The second kappa shape index (κ2) is 8.22. The molecule has 0 unspecified atom stereocenters. The smallest absolute Gasteiger partial charge is 0.161 e. The van der Waals surface area contributed by atoms with Crippen LogP contribution in [0.2, 0.25) is 0 Å². The van der Waals surface area contributed by atoms with Crippen LogP contribution < -0.4 is 0 Å². The van der Waals surface area contributed by atoms with Gasteiger partial charge in [-0.3, -0.25) is 0 Å². The Balaban J connectivity index is 0.000000492. The maximum absolute atomic E-state index is 5.32. The van der Waals surface area contributed by atoms with Crippen LogP contribution in [0.25, 0.3) is 11.3 Å². The van der Waals surface area contributed by atoms with Crippen molar-refractivity contribution < 1.29 is 0 Å². The Hall–Kier alpha value is -0.930. The van der Waals surface area contributed by atoms with Gasteiger partial charge in [0.2, 0.25) is 0 Å². The largest absolute Gasteiger partial charge is 0.323 e. The minimum absolute atomic E-state index is 0.968. The molecule has 0 radical (unpaired) electrons. The molecule has 0 aliphatic rings. The molecule has 3 heteroatoms. The third-order valence-corrected chi connectivity index (χ3v) is 3.57. The first kappa shape index (κ1) is 15.1. The highest BCUT2D eigenvalue weighted by molar-refractivity contribution is 7.73. The average Bonchev–Trinajstić information content (AvgIpc) is 2.74. The average molecular weight is 279 g/mol. The van der Waals surface area contributed by atoms with Gasteiger partial charge in [-0.1, -0.05) is 57.5 Å².